The Morgan fingerprint density at radius 2 is 2.31 bits per heavy atom. The molecule has 0 aliphatic heterocycles. The summed E-state index contributed by atoms with van der Waals surface area (Å²) < 4.78 is 9.70. The van der Waals surface area contributed by atoms with Crippen LogP contribution in [0.2, 0.25) is 0 Å². The van der Waals surface area contributed by atoms with Crippen LogP contribution in [0.25, 0.3) is 0 Å². The quantitative estimate of drug-likeness (QED) is 0.608. The molecule has 1 fully saturated rings. The van der Waals surface area contributed by atoms with E-state index in [0.29, 0.717) is 6.61 Å². The summed E-state index contributed by atoms with van der Waals surface area (Å²) >= 11 is 0. The van der Waals surface area contributed by atoms with Gasteiger partial charge in [0.05, 0.1) is 13.2 Å². The zero-order valence-electron chi connectivity index (χ0n) is 7.99. The third kappa shape index (κ3) is 4.24. The highest BCUT2D eigenvalue weighted by Gasteiger charge is 2.22. The van der Waals surface area contributed by atoms with Crippen LogP contribution in [-0.2, 0) is 14.3 Å². The lowest BCUT2D eigenvalue weighted by atomic mass is 10.3. The number of carbonyl (C=O) groups is 1. The smallest absolute Gasteiger partial charge is 0.325 e. The summed E-state index contributed by atoms with van der Waals surface area (Å²) in [5, 5.41) is 0. The summed E-state index contributed by atoms with van der Waals surface area (Å²) in [6.07, 6.45) is 3.54. The molecule has 2 N–H and O–H groups in total. The number of esters is 1. The predicted molar refractivity (Wildman–Crippen MR) is 48.2 cm³/mol. The molecule has 0 amide bonds. The van der Waals surface area contributed by atoms with Crippen LogP contribution in [0, 0.1) is 5.92 Å². The molecule has 1 aliphatic rings. The molecule has 1 atom stereocenters. The van der Waals surface area contributed by atoms with Crippen molar-refractivity contribution in [1.29, 1.82) is 0 Å². The van der Waals surface area contributed by atoms with Crippen molar-refractivity contribution < 1.29 is 14.3 Å². The minimum atomic E-state index is -0.635. The molecule has 0 aromatic heterocycles. The normalized spacial score (nSPS) is 18.3. The average molecular weight is 187 g/mol. The molecule has 0 radical (unpaired) electrons. The summed E-state index contributed by atoms with van der Waals surface area (Å²) in [6, 6.07) is -0.635. The van der Waals surface area contributed by atoms with Crippen molar-refractivity contribution in [3.05, 3.63) is 0 Å². The maximum atomic E-state index is 11.1. The number of methoxy groups -OCH3 is 1. The van der Waals surface area contributed by atoms with Gasteiger partial charge >= 0.3 is 5.97 Å². The van der Waals surface area contributed by atoms with Crippen LogP contribution in [-0.4, -0.2) is 32.3 Å². The first kappa shape index (κ1) is 10.5. The monoisotopic (exact) mass is 187 g/mol. The molecule has 0 spiro atoms. The van der Waals surface area contributed by atoms with E-state index in [-0.39, 0.29) is 12.6 Å². The average Bonchev–Trinajstić information content (AvgIpc) is 2.88. The van der Waals surface area contributed by atoms with Gasteiger partial charge in [0.15, 0.2) is 0 Å². The summed E-state index contributed by atoms with van der Waals surface area (Å²) in [4.78, 5) is 11.1. The Labute approximate surface area is 78.4 Å². The van der Waals surface area contributed by atoms with Gasteiger partial charge in [-0.25, -0.2) is 0 Å². The number of hydrogen-bond donors (Lipinski definition) is 1. The zero-order valence-corrected chi connectivity index (χ0v) is 7.99. The highest BCUT2D eigenvalue weighted by atomic mass is 16.5. The molecule has 1 rings (SSSR count). The summed E-state index contributed by atoms with van der Waals surface area (Å²) in [5.74, 6) is 0.425. The maximum Gasteiger partial charge on any atom is 0.325 e. The highest BCUT2D eigenvalue weighted by molar-refractivity contribution is 5.75. The number of rotatable bonds is 6. The van der Waals surface area contributed by atoms with E-state index in [0.717, 1.165) is 12.3 Å². The molecule has 4 heteroatoms. The first-order valence-corrected chi connectivity index (χ1v) is 4.65. The SMILES string of the molecule is COCC(N)C(=O)OCCC1CC1. The van der Waals surface area contributed by atoms with Crippen LogP contribution < -0.4 is 5.73 Å². The van der Waals surface area contributed by atoms with Crippen LogP contribution in [0.4, 0.5) is 0 Å². The van der Waals surface area contributed by atoms with E-state index in [1.54, 1.807) is 0 Å². The van der Waals surface area contributed by atoms with E-state index in [1.165, 1.54) is 20.0 Å². The molecule has 0 saturated heterocycles. The van der Waals surface area contributed by atoms with E-state index in [9.17, 15) is 4.79 Å². The van der Waals surface area contributed by atoms with Gasteiger partial charge in [0.25, 0.3) is 0 Å². The lowest BCUT2D eigenvalue weighted by molar-refractivity contribution is -0.146. The Balaban J connectivity index is 2.01. The van der Waals surface area contributed by atoms with E-state index in [4.69, 9.17) is 15.2 Å². The zero-order chi connectivity index (χ0) is 9.68. The molecule has 1 unspecified atom stereocenters. The Morgan fingerprint density at radius 1 is 1.62 bits per heavy atom. The summed E-state index contributed by atoms with van der Waals surface area (Å²) in [7, 11) is 1.51. The van der Waals surface area contributed by atoms with E-state index >= 15 is 0 Å². The van der Waals surface area contributed by atoms with Crippen molar-refractivity contribution in [2.45, 2.75) is 25.3 Å². The molecule has 4 nitrogen and oxygen atoms in total. The van der Waals surface area contributed by atoms with E-state index in [1.807, 2.05) is 0 Å². The van der Waals surface area contributed by atoms with E-state index < -0.39 is 6.04 Å². The first-order chi connectivity index (χ1) is 6.24. The van der Waals surface area contributed by atoms with E-state index in [2.05, 4.69) is 0 Å². The van der Waals surface area contributed by atoms with Crippen LogP contribution in [0.1, 0.15) is 19.3 Å². The molecule has 1 saturated carbocycles. The largest absolute Gasteiger partial charge is 0.464 e. The number of ether oxygens (including phenoxy) is 2. The second-order valence-corrected chi connectivity index (χ2v) is 3.46. The van der Waals surface area contributed by atoms with Crippen molar-refractivity contribution >= 4 is 5.97 Å². The molecule has 0 aromatic carbocycles. The molecule has 0 aromatic rings. The van der Waals surface area contributed by atoms with Gasteiger partial charge in [-0.05, 0) is 12.3 Å². The van der Waals surface area contributed by atoms with Gasteiger partial charge in [-0.2, -0.15) is 0 Å². The van der Waals surface area contributed by atoms with Crippen molar-refractivity contribution in [2.75, 3.05) is 20.3 Å². The lowest BCUT2D eigenvalue weighted by Crippen LogP contribution is -2.36. The third-order valence-corrected chi connectivity index (χ3v) is 2.12. The molecule has 0 heterocycles. The standard InChI is InChI=1S/C9H17NO3/c1-12-6-8(10)9(11)13-5-4-7-2-3-7/h7-8H,2-6,10H2,1H3. The summed E-state index contributed by atoms with van der Waals surface area (Å²) in [6.45, 7) is 0.725. The molecule has 13 heavy (non-hydrogen) atoms. The molecule has 1 aliphatic carbocycles. The van der Waals surface area contributed by atoms with Gasteiger partial charge in [0.2, 0.25) is 0 Å². The van der Waals surface area contributed by atoms with Crippen LogP contribution >= 0.6 is 0 Å². The number of nitrogens with two attached hydrogens (primary N) is 1. The number of carbonyl (C=O) groups excluding carboxylic acids is 1. The van der Waals surface area contributed by atoms with Gasteiger partial charge in [-0.3, -0.25) is 4.79 Å². The fourth-order valence-corrected chi connectivity index (χ4v) is 1.09. The Hall–Kier alpha value is -0.610. The number of hydrogen-bond acceptors (Lipinski definition) is 4. The molecular formula is C9H17NO3. The second kappa shape index (κ2) is 5.19. The molecule has 0 bridgehead atoms. The minimum absolute atomic E-state index is 0.224. The van der Waals surface area contributed by atoms with Gasteiger partial charge in [0, 0.05) is 7.11 Å². The van der Waals surface area contributed by atoms with Crippen LogP contribution in [0.5, 0.6) is 0 Å². The maximum absolute atomic E-state index is 11.1. The minimum Gasteiger partial charge on any atom is -0.464 e. The molecule has 76 valence electrons. The predicted octanol–water partition coefficient (Wildman–Crippen LogP) is 0.303. The van der Waals surface area contributed by atoms with Crippen LogP contribution in [0.3, 0.4) is 0 Å². The second-order valence-electron chi connectivity index (χ2n) is 3.46. The topological polar surface area (TPSA) is 61.5 Å². The van der Waals surface area contributed by atoms with Crippen molar-refractivity contribution in [3.63, 3.8) is 0 Å². The third-order valence-electron chi connectivity index (χ3n) is 2.12. The van der Waals surface area contributed by atoms with Gasteiger partial charge < -0.3 is 15.2 Å². The first-order valence-electron chi connectivity index (χ1n) is 4.65. The Kier molecular flexibility index (Phi) is 4.18. The fourth-order valence-electron chi connectivity index (χ4n) is 1.09. The van der Waals surface area contributed by atoms with Crippen molar-refractivity contribution in [2.24, 2.45) is 11.7 Å². The van der Waals surface area contributed by atoms with Gasteiger partial charge in [-0.15, -0.1) is 0 Å². The van der Waals surface area contributed by atoms with Crippen molar-refractivity contribution in [1.82, 2.24) is 0 Å². The highest BCUT2D eigenvalue weighted by Crippen LogP contribution is 2.32. The van der Waals surface area contributed by atoms with Crippen LogP contribution in [0.15, 0.2) is 0 Å². The Bertz CT molecular complexity index is 168. The summed E-state index contributed by atoms with van der Waals surface area (Å²) in [5.41, 5.74) is 5.46. The Morgan fingerprint density at radius 3 is 2.85 bits per heavy atom. The van der Waals surface area contributed by atoms with Gasteiger partial charge in [-0.1, -0.05) is 12.8 Å². The van der Waals surface area contributed by atoms with Crippen molar-refractivity contribution in [3.8, 4) is 0 Å². The lowest BCUT2D eigenvalue weighted by Gasteiger charge is -2.09. The van der Waals surface area contributed by atoms with Gasteiger partial charge in [0.1, 0.15) is 6.04 Å². The molecular weight excluding hydrogens is 170 g/mol. The fraction of sp³-hybridized carbons (Fsp3) is 0.889.